The Kier molecular flexibility index (Phi) is 4.48. The van der Waals surface area contributed by atoms with E-state index in [2.05, 4.69) is 0 Å². The number of nitrogen functional groups attached to an aromatic ring is 1. The first-order chi connectivity index (χ1) is 10.0. The molecule has 0 saturated heterocycles. The lowest BCUT2D eigenvalue weighted by Gasteiger charge is -2.11. The number of ether oxygens (including phenoxy) is 2. The Labute approximate surface area is 124 Å². The number of benzene rings is 2. The lowest BCUT2D eigenvalue weighted by Crippen LogP contribution is -2.05. The number of anilines is 1. The van der Waals surface area contributed by atoms with Gasteiger partial charge in [-0.05, 0) is 62.2 Å². The number of nitrogens with two attached hydrogens (primary N) is 1. The molecular weight excluding hydrogens is 266 g/mol. The highest BCUT2D eigenvalue weighted by Crippen LogP contribution is 2.29. The molecule has 4 heteroatoms. The van der Waals surface area contributed by atoms with Crippen molar-refractivity contribution in [1.29, 1.82) is 0 Å². The van der Waals surface area contributed by atoms with E-state index in [0.29, 0.717) is 29.4 Å². The van der Waals surface area contributed by atoms with Crippen LogP contribution < -0.4 is 10.5 Å². The number of hydrogen-bond donors (Lipinski definition) is 1. The topological polar surface area (TPSA) is 61.5 Å². The third kappa shape index (κ3) is 3.54. The summed E-state index contributed by atoms with van der Waals surface area (Å²) < 4.78 is 10.7. The summed E-state index contributed by atoms with van der Waals surface area (Å²) >= 11 is 0. The second-order valence-electron chi connectivity index (χ2n) is 4.82. The summed E-state index contributed by atoms with van der Waals surface area (Å²) in [6.45, 7) is 6.16. The fraction of sp³-hybridized carbons (Fsp3) is 0.235. The molecule has 0 fully saturated rings. The van der Waals surface area contributed by atoms with Crippen molar-refractivity contribution in [3.8, 4) is 11.5 Å². The van der Waals surface area contributed by atoms with Gasteiger partial charge in [-0.1, -0.05) is 6.07 Å². The van der Waals surface area contributed by atoms with Crippen LogP contribution in [0.1, 0.15) is 28.4 Å². The zero-order valence-corrected chi connectivity index (χ0v) is 12.5. The molecule has 0 aliphatic carbocycles. The minimum absolute atomic E-state index is 0.333. The van der Waals surface area contributed by atoms with E-state index < -0.39 is 0 Å². The number of aryl methyl sites for hydroxylation is 2. The lowest BCUT2D eigenvalue weighted by atomic mass is 10.1. The van der Waals surface area contributed by atoms with Crippen LogP contribution in [-0.2, 0) is 4.74 Å². The molecule has 110 valence electrons. The molecule has 0 aliphatic heterocycles. The Bertz CT molecular complexity index is 665. The highest BCUT2D eigenvalue weighted by atomic mass is 16.5. The van der Waals surface area contributed by atoms with Crippen molar-refractivity contribution in [1.82, 2.24) is 0 Å². The average molecular weight is 285 g/mol. The molecule has 21 heavy (non-hydrogen) atoms. The van der Waals surface area contributed by atoms with Gasteiger partial charge >= 0.3 is 5.97 Å². The first-order valence-electron chi connectivity index (χ1n) is 6.83. The number of hydrogen-bond acceptors (Lipinski definition) is 4. The van der Waals surface area contributed by atoms with Crippen LogP contribution in [-0.4, -0.2) is 12.6 Å². The second kappa shape index (κ2) is 6.31. The third-order valence-corrected chi connectivity index (χ3v) is 3.23. The number of esters is 1. The zero-order chi connectivity index (χ0) is 15.4. The Morgan fingerprint density at radius 1 is 1.10 bits per heavy atom. The van der Waals surface area contributed by atoms with Crippen molar-refractivity contribution < 1.29 is 14.3 Å². The van der Waals surface area contributed by atoms with Crippen LogP contribution in [0.15, 0.2) is 36.4 Å². The Morgan fingerprint density at radius 3 is 2.48 bits per heavy atom. The van der Waals surface area contributed by atoms with Gasteiger partial charge in [-0.15, -0.1) is 0 Å². The van der Waals surface area contributed by atoms with Crippen LogP contribution in [0.3, 0.4) is 0 Å². The monoisotopic (exact) mass is 285 g/mol. The highest BCUT2D eigenvalue weighted by Gasteiger charge is 2.10. The SMILES string of the molecule is CCOC(=O)c1ccc(Oc2ccc(C)c(C)c2)c(N)c1. The van der Waals surface area contributed by atoms with Crippen LogP contribution in [0.2, 0.25) is 0 Å². The van der Waals surface area contributed by atoms with E-state index >= 15 is 0 Å². The molecule has 0 radical (unpaired) electrons. The normalized spacial score (nSPS) is 10.2. The van der Waals surface area contributed by atoms with Crippen molar-refractivity contribution in [2.24, 2.45) is 0 Å². The van der Waals surface area contributed by atoms with E-state index in [1.807, 2.05) is 32.0 Å². The van der Waals surface area contributed by atoms with Crippen LogP contribution in [0, 0.1) is 13.8 Å². The Morgan fingerprint density at radius 2 is 1.86 bits per heavy atom. The molecule has 0 atom stereocenters. The van der Waals surface area contributed by atoms with Gasteiger partial charge in [-0.3, -0.25) is 0 Å². The summed E-state index contributed by atoms with van der Waals surface area (Å²) in [5.74, 6) is 0.849. The summed E-state index contributed by atoms with van der Waals surface area (Å²) in [4.78, 5) is 11.6. The maximum absolute atomic E-state index is 11.6. The molecule has 0 amide bonds. The van der Waals surface area contributed by atoms with Crippen LogP contribution in [0.25, 0.3) is 0 Å². The van der Waals surface area contributed by atoms with Gasteiger partial charge in [-0.25, -0.2) is 4.79 Å². The van der Waals surface area contributed by atoms with Crippen LogP contribution in [0.4, 0.5) is 5.69 Å². The molecule has 0 unspecified atom stereocenters. The minimum atomic E-state index is -0.387. The molecule has 0 aliphatic rings. The van der Waals surface area contributed by atoms with Crippen LogP contribution >= 0.6 is 0 Å². The van der Waals surface area contributed by atoms with Crippen molar-refractivity contribution in [2.45, 2.75) is 20.8 Å². The van der Waals surface area contributed by atoms with E-state index in [-0.39, 0.29) is 5.97 Å². The van der Waals surface area contributed by atoms with E-state index in [0.717, 1.165) is 5.56 Å². The fourth-order valence-corrected chi connectivity index (χ4v) is 1.89. The largest absolute Gasteiger partial charge is 0.462 e. The molecular formula is C17H19NO3. The van der Waals surface area contributed by atoms with Crippen molar-refractivity contribution >= 4 is 11.7 Å². The maximum Gasteiger partial charge on any atom is 0.338 e. The molecule has 2 rings (SSSR count). The summed E-state index contributed by atoms with van der Waals surface area (Å²) in [5, 5.41) is 0. The maximum atomic E-state index is 11.6. The summed E-state index contributed by atoms with van der Waals surface area (Å²) in [7, 11) is 0. The molecule has 0 spiro atoms. The van der Waals surface area contributed by atoms with E-state index in [1.165, 1.54) is 5.56 Å². The van der Waals surface area contributed by atoms with Gasteiger partial charge in [0.2, 0.25) is 0 Å². The quantitative estimate of drug-likeness (QED) is 0.684. The third-order valence-electron chi connectivity index (χ3n) is 3.23. The molecule has 2 N–H and O–H groups in total. The van der Waals surface area contributed by atoms with Crippen molar-refractivity contribution in [3.05, 3.63) is 53.1 Å². The molecule has 4 nitrogen and oxygen atoms in total. The summed E-state index contributed by atoms with van der Waals surface area (Å²) in [6.07, 6.45) is 0. The molecule has 2 aromatic rings. The average Bonchev–Trinajstić information content (AvgIpc) is 2.45. The Hall–Kier alpha value is -2.49. The highest BCUT2D eigenvalue weighted by molar-refractivity contribution is 5.91. The van der Waals surface area contributed by atoms with Gasteiger partial charge in [0, 0.05) is 0 Å². The van der Waals surface area contributed by atoms with Crippen molar-refractivity contribution in [3.63, 3.8) is 0 Å². The number of rotatable bonds is 4. The van der Waals surface area contributed by atoms with E-state index in [4.69, 9.17) is 15.2 Å². The predicted octanol–water partition coefficient (Wildman–Crippen LogP) is 3.85. The smallest absolute Gasteiger partial charge is 0.338 e. The Balaban J connectivity index is 2.21. The lowest BCUT2D eigenvalue weighted by molar-refractivity contribution is 0.0526. The molecule has 0 saturated carbocycles. The fourth-order valence-electron chi connectivity index (χ4n) is 1.89. The van der Waals surface area contributed by atoms with Gasteiger partial charge in [0.25, 0.3) is 0 Å². The van der Waals surface area contributed by atoms with Gasteiger partial charge < -0.3 is 15.2 Å². The van der Waals surface area contributed by atoms with E-state index in [1.54, 1.807) is 25.1 Å². The molecule has 2 aromatic carbocycles. The molecule has 0 heterocycles. The first-order valence-corrected chi connectivity index (χ1v) is 6.83. The number of carbonyl (C=O) groups excluding carboxylic acids is 1. The predicted molar refractivity (Wildman–Crippen MR) is 82.8 cm³/mol. The van der Waals surface area contributed by atoms with Gasteiger partial charge in [0.1, 0.15) is 11.5 Å². The second-order valence-corrected chi connectivity index (χ2v) is 4.82. The number of carbonyl (C=O) groups is 1. The molecule has 0 aromatic heterocycles. The van der Waals surface area contributed by atoms with Gasteiger partial charge in [-0.2, -0.15) is 0 Å². The summed E-state index contributed by atoms with van der Waals surface area (Å²) in [6, 6.07) is 10.7. The van der Waals surface area contributed by atoms with Crippen LogP contribution in [0.5, 0.6) is 11.5 Å². The van der Waals surface area contributed by atoms with E-state index in [9.17, 15) is 4.79 Å². The standard InChI is InChI=1S/C17H19NO3/c1-4-20-17(19)13-6-8-16(15(18)10-13)21-14-7-5-11(2)12(3)9-14/h5-10H,4,18H2,1-3H3. The minimum Gasteiger partial charge on any atom is -0.462 e. The first kappa shape index (κ1) is 14.9. The molecule has 0 bridgehead atoms. The van der Waals surface area contributed by atoms with Gasteiger partial charge in [0.15, 0.2) is 0 Å². The van der Waals surface area contributed by atoms with Crippen molar-refractivity contribution in [2.75, 3.05) is 12.3 Å². The zero-order valence-electron chi connectivity index (χ0n) is 12.5. The summed E-state index contributed by atoms with van der Waals surface area (Å²) in [5.41, 5.74) is 9.11. The van der Waals surface area contributed by atoms with Gasteiger partial charge in [0.05, 0.1) is 17.9 Å².